The topological polar surface area (TPSA) is 49.4 Å². The maximum Gasteiger partial charge on any atom is 0.418 e. The predicted molar refractivity (Wildman–Crippen MR) is 95.6 cm³/mol. The van der Waals surface area contributed by atoms with Crippen molar-refractivity contribution < 1.29 is 22.8 Å². The Morgan fingerprint density at radius 1 is 0.852 bits per heavy atom. The largest absolute Gasteiger partial charge is 0.418 e. The highest BCUT2D eigenvalue weighted by Crippen LogP contribution is 2.34. The van der Waals surface area contributed by atoms with E-state index in [0.29, 0.717) is 5.56 Å². The van der Waals surface area contributed by atoms with Gasteiger partial charge in [0.15, 0.2) is 0 Å². The van der Waals surface area contributed by atoms with Crippen LogP contribution in [0.25, 0.3) is 0 Å². The van der Waals surface area contributed by atoms with E-state index in [-0.39, 0.29) is 17.2 Å². The fraction of sp³-hybridized carbons (Fsp3) is 0.300. The monoisotopic (exact) mass is 376 g/mol. The number of carbonyl (C=O) groups is 2. The van der Waals surface area contributed by atoms with Crippen LogP contribution < -0.4 is 5.32 Å². The lowest BCUT2D eigenvalue weighted by atomic mass is 10.1. The molecule has 0 saturated carbocycles. The molecule has 4 nitrogen and oxygen atoms in total. The van der Waals surface area contributed by atoms with E-state index >= 15 is 0 Å². The summed E-state index contributed by atoms with van der Waals surface area (Å²) in [5, 5.41) is 2.29. The molecule has 0 aliphatic carbocycles. The third-order valence-electron chi connectivity index (χ3n) is 4.52. The second-order valence-corrected chi connectivity index (χ2v) is 6.43. The van der Waals surface area contributed by atoms with Gasteiger partial charge < -0.3 is 10.2 Å². The number of hydrogen-bond acceptors (Lipinski definition) is 2. The van der Waals surface area contributed by atoms with E-state index < -0.39 is 17.6 Å². The number of para-hydroxylation sites is 1. The van der Waals surface area contributed by atoms with E-state index in [1.807, 2.05) is 0 Å². The molecular formula is C20H19F3N2O2. The molecule has 1 fully saturated rings. The number of halogens is 3. The lowest BCUT2D eigenvalue weighted by molar-refractivity contribution is -0.136. The summed E-state index contributed by atoms with van der Waals surface area (Å²) < 4.78 is 39.1. The van der Waals surface area contributed by atoms with Crippen LogP contribution in [0.2, 0.25) is 0 Å². The molecule has 0 aromatic heterocycles. The average Bonchev–Trinajstić information content (AvgIpc) is 2.68. The van der Waals surface area contributed by atoms with Crippen molar-refractivity contribution in [3.05, 3.63) is 65.2 Å². The Bertz CT molecular complexity index is 826. The third-order valence-corrected chi connectivity index (χ3v) is 4.52. The van der Waals surface area contributed by atoms with E-state index in [4.69, 9.17) is 0 Å². The van der Waals surface area contributed by atoms with Gasteiger partial charge >= 0.3 is 6.18 Å². The number of amides is 2. The number of nitrogens with one attached hydrogen (secondary N) is 1. The maximum atomic E-state index is 13.0. The summed E-state index contributed by atoms with van der Waals surface area (Å²) in [5.74, 6) is -0.757. The van der Waals surface area contributed by atoms with E-state index in [1.165, 1.54) is 42.5 Å². The molecule has 7 heteroatoms. The molecule has 0 atom stereocenters. The van der Waals surface area contributed by atoms with Crippen LogP contribution in [-0.4, -0.2) is 29.8 Å². The lowest BCUT2D eigenvalue weighted by Gasteiger charge is -2.26. The summed E-state index contributed by atoms with van der Waals surface area (Å²) in [7, 11) is 0. The van der Waals surface area contributed by atoms with Crippen LogP contribution in [-0.2, 0) is 6.18 Å². The standard InChI is InChI=1S/C20H19F3N2O2/c21-20(22,23)16-6-2-3-7-17(16)24-18(26)14-8-10-15(11-9-14)19(27)25-12-4-1-5-13-25/h2-3,6-11H,1,4-5,12-13H2,(H,24,26). The van der Waals surface area contributed by atoms with Gasteiger partial charge in [-0.3, -0.25) is 9.59 Å². The fourth-order valence-corrected chi connectivity index (χ4v) is 3.08. The van der Waals surface area contributed by atoms with Crippen LogP contribution in [0.4, 0.5) is 18.9 Å². The maximum absolute atomic E-state index is 13.0. The molecule has 2 aromatic rings. The Kier molecular flexibility index (Phi) is 5.48. The van der Waals surface area contributed by atoms with Crippen LogP contribution in [0.3, 0.4) is 0 Å². The van der Waals surface area contributed by atoms with Crippen LogP contribution in [0.1, 0.15) is 45.5 Å². The van der Waals surface area contributed by atoms with Gasteiger partial charge in [0.2, 0.25) is 0 Å². The SMILES string of the molecule is O=C(Nc1ccccc1C(F)(F)F)c1ccc(C(=O)N2CCCCC2)cc1. The zero-order valence-corrected chi connectivity index (χ0v) is 14.6. The third kappa shape index (κ3) is 4.48. The first-order valence-corrected chi connectivity index (χ1v) is 8.73. The van der Waals surface area contributed by atoms with Crippen LogP contribution in [0, 0.1) is 0 Å². The average molecular weight is 376 g/mol. The van der Waals surface area contributed by atoms with Gasteiger partial charge in [0.1, 0.15) is 0 Å². The second kappa shape index (κ2) is 7.82. The highest BCUT2D eigenvalue weighted by atomic mass is 19.4. The van der Waals surface area contributed by atoms with E-state index in [9.17, 15) is 22.8 Å². The van der Waals surface area contributed by atoms with Crippen molar-refractivity contribution in [3.8, 4) is 0 Å². The molecule has 0 bridgehead atoms. The van der Waals surface area contributed by atoms with Crippen molar-refractivity contribution >= 4 is 17.5 Å². The summed E-state index contributed by atoms with van der Waals surface area (Å²) in [6.45, 7) is 1.44. The first-order chi connectivity index (χ1) is 12.9. The van der Waals surface area contributed by atoms with Crippen molar-refractivity contribution in [1.29, 1.82) is 0 Å². The van der Waals surface area contributed by atoms with Crippen molar-refractivity contribution in [2.24, 2.45) is 0 Å². The number of alkyl halides is 3. The van der Waals surface area contributed by atoms with Gasteiger partial charge in [0, 0.05) is 24.2 Å². The summed E-state index contributed by atoms with van der Waals surface area (Å²) in [6, 6.07) is 10.8. The number of rotatable bonds is 3. The van der Waals surface area contributed by atoms with Crippen LogP contribution >= 0.6 is 0 Å². The Balaban J connectivity index is 1.72. The van der Waals surface area contributed by atoms with Gasteiger partial charge in [-0.05, 0) is 55.7 Å². The molecule has 142 valence electrons. The number of hydrogen-bond donors (Lipinski definition) is 1. The highest BCUT2D eigenvalue weighted by Gasteiger charge is 2.33. The number of piperidine rings is 1. The molecular weight excluding hydrogens is 357 g/mol. The van der Waals surface area contributed by atoms with Crippen LogP contribution in [0.15, 0.2) is 48.5 Å². The van der Waals surface area contributed by atoms with E-state index in [1.54, 1.807) is 4.90 Å². The number of nitrogens with zero attached hydrogens (tertiary/aromatic N) is 1. The molecule has 1 aliphatic heterocycles. The fourth-order valence-electron chi connectivity index (χ4n) is 3.08. The molecule has 2 amide bonds. The summed E-state index contributed by atoms with van der Waals surface area (Å²) in [4.78, 5) is 26.5. The molecule has 1 heterocycles. The van der Waals surface area contributed by atoms with Gasteiger partial charge in [-0.25, -0.2) is 0 Å². The second-order valence-electron chi connectivity index (χ2n) is 6.43. The summed E-state index contributed by atoms with van der Waals surface area (Å²) >= 11 is 0. The predicted octanol–water partition coefficient (Wildman–Crippen LogP) is 4.58. The minimum atomic E-state index is -4.56. The first-order valence-electron chi connectivity index (χ1n) is 8.73. The Labute approximate surface area is 155 Å². The molecule has 1 aliphatic rings. The van der Waals surface area contributed by atoms with E-state index in [2.05, 4.69) is 5.32 Å². The van der Waals surface area contributed by atoms with E-state index in [0.717, 1.165) is 38.4 Å². The number of benzene rings is 2. The molecule has 1 saturated heterocycles. The Morgan fingerprint density at radius 2 is 1.44 bits per heavy atom. The van der Waals surface area contributed by atoms with Gasteiger partial charge in [0.25, 0.3) is 11.8 Å². The first kappa shape index (κ1) is 18.9. The van der Waals surface area contributed by atoms with Crippen LogP contribution in [0.5, 0.6) is 0 Å². The quantitative estimate of drug-likeness (QED) is 0.852. The molecule has 0 radical (unpaired) electrons. The molecule has 1 N–H and O–H groups in total. The highest BCUT2D eigenvalue weighted by molar-refractivity contribution is 6.05. The minimum Gasteiger partial charge on any atom is -0.339 e. The smallest absolute Gasteiger partial charge is 0.339 e. The number of carbonyl (C=O) groups excluding carboxylic acids is 2. The van der Waals surface area contributed by atoms with Crippen molar-refractivity contribution in [1.82, 2.24) is 4.90 Å². The molecule has 0 spiro atoms. The number of anilines is 1. The summed E-state index contributed by atoms with van der Waals surface area (Å²) in [5.41, 5.74) is -0.565. The Morgan fingerprint density at radius 3 is 2.07 bits per heavy atom. The zero-order chi connectivity index (χ0) is 19.4. The minimum absolute atomic E-state index is 0.0934. The Hall–Kier alpha value is -2.83. The molecule has 3 rings (SSSR count). The van der Waals surface area contributed by atoms with Gasteiger partial charge in [-0.2, -0.15) is 13.2 Å². The van der Waals surface area contributed by atoms with Crippen molar-refractivity contribution in [3.63, 3.8) is 0 Å². The molecule has 27 heavy (non-hydrogen) atoms. The normalized spacial score (nSPS) is 14.7. The molecule has 2 aromatic carbocycles. The lowest BCUT2D eigenvalue weighted by Crippen LogP contribution is -2.35. The number of likely N-dealkylation sites (tertiary alicyclic amines) is 1. The van der Waals surface area contributed by atoms with Crippen molar-refractivity contribution in [2.75, 3.05) is 18.4 Å². The van der Waals surface area contributed by atoms with Gasteiger partial charge in [-0.1, -0.05) is 12.1 Å². The summed E-state index contributed by atoms with van der Waals surface area (Å²) in [6.07, 6.45) is -1.49. The zero-order valence-electron chi connectivity index (χ0n) is 14.6. The van der Waals surface area contributed by atoms with Gasteiger partial charge in [0.05, 0.1) is 11.3 Å². The van der Waals surface area contributed by atoms with Crippen molar-refractivity contribution in [2.45, 2.75) is 25.4 Å². The molecule has 0 unspecified atom stereocenters. The van der Waals surface area contributed by atoms with Gasteiger partial charge in [-0.15, -0.1) is 0 Å².